The van der Waals surface area contributed by atoms with E-state index in [0.29, 0.717) is 19.4 Å². The molecule has 0 saturated carbocycles. The van der Waals surface area contributed by atoms with Crippen LogP contribution in [0.4, 0.5) is 0 Å². The zero-order valence-corrected chi connectivity index (χ0v) is 8.82. The summed E-state index contributed by atoms with van der Waals surface area (Å²) in [5, 5.41) is 9.32. The lowest BCUT2D eigenvalue weighted by Gasteiger charge is -2.15. The molecule has 0 amide bonds. The minimum atomic E-state index is -0.512. The van der Waals surface area contributed by atoms with E-state index in [9.17, 15) is 5.11 Å². The number of hydrogen-bond acceptors (Lipinski definition) is 2. The van der Waals surface area contributed by atoms with Crippen molar-refractivity contribution in [3.05, 3.63) is 35.9 Å². The van der Waals surface area contributed by atoms with Crippen molar-refractivity contribution in [1.29, 1.82) is 0 Å². The molecule has 3 N–H and O–H groups in total. The SMILES string of the molecule is NCCC(O)C(Cl)Cc1ccccc1. The lowest BCUT2D eigenvalue weighted by molar-refractivity contribution is 0.161. The van der Waals surface area contributed by atoms with Crippen molar-refractivity contribution in [3.63, 3.8) is 0 Å². The van der Waals surface area contributed by atoms with Gasteiger partial charge in [-0.2, -0.15) is 0 Å². The molecule has 0 heterocycles. The molecular weight excluding hydrogens is 198 g/mol. The van der Waals surface area contributed by atoms with E-state index in [1.807, 2.05) is 30.3 Å². The summed E-state index contributed by atoms with van der Waals surface area (Å²) in [5.41, 5.74) is 6.48. The van der Waals surface area contributed by atoms with Gasteiger partial charge in [0.15, 0.2) is 0 Å². The first-order valence-corrected chi connectivity index (χ1v) is 5.24. The van der Waals surface area contributed by atoms with Crippen molar-refractivity contribution in [2.24, 2.45) is 5.73 Å². The summed E-state index contributed by atoms with van der Waals surface area (Å²) in [7, 11) is 0. The second-order valence-corrected chi connectivity index (χ2v) is 3.91. The van der Waals surface area contributed by atoms with Gasteiger partial charge in [-0.15, -0.1) is 11.6 Å². The molecule has 2 atom stereocenters. The molecule has 0 aliphatic rings. The Labute approximate surface area is 89.7 Å². The topological polar surface area (TPSA) is 46.2 Å². The van der Waals surface area contributed by atoms with E-state index >= 15 is 0 Å². The Hall–Kier alpha value is -0.570. The van der Waals surface area contributed by atoms with Gasteiger partial charge in [-0.05, 0) is 24.9 Å². The van der Waals surface area contributed by atoms with Gasteiger partial charge in [-0.3, -0.25) is 0 Å². The quantitative estimate of drug-likeness (QED) is 0.729. The number of hydrogen-bond donors (Lipinski definition) is 2. The lowest BCUT2D eigenvalue weighted by atomic mass is 10.0. The molecule has 0 aromatic heterocycles. The van der Waals surface area contributed by atoms with Gasteiger partial charge in [0.2, 0.25) is 0 Å². The van der Waals surface area contributed by atoms with E-state index in [2.05, 4.69) is 0 Å². The molecule has 78 valence electrons. The molecule has 0 saturated heterocycles. The van der Waals surface area contributed by atoms with E-state index in [0.717, 1.165) is 5.56 Å². The van der Waals surface area contributed by atoms with E-state index in [1.165, 1.54) is 0 Å². The number of alkyl halides is 1. The molecule has 0 fully saturated rings. The summed E-state index contributed by atoms with van der Waals surface area (Å²) in [4.78, 5) is 0. The van der Waals surface area contributed by atoms with Crippen LogP contribution in [0.2, 0.25) is 0 Å². The van der Waals surface area contributed by atoms with Gasteiger partial charge in [0.25, 0.3) is 0 Å². The van der Waals surface area contributed by atoms with E-state index in [-0.39, 0.29) is 5.38 Å². The van der Waals surface area contributed by atoms with E-state index < -0.39 is 6.10 Å². The summed E-state index contributed by atoms with van der Waals surface area (Å²) in [5.74, 6) is 0. The summed E-state index contributed by atoms with van der Waals surface area (Å²) in [6, 6.07) is 9.90. The van der Waals surface area contributed by atoms with Gasteiger partial charge in [0, 0.05) is 0 Å². The highest BCUT2D eigenvalue weighted by molar-refractivity contribution is 6.21. The number of aliphatic hydroxyl groups is 1. The van der Waals surface area contributed by atoms with Crippen LogP contribution >= 0.6 is 11.6 Å². The molecule has 0 aliphatic heterocycles. The first-order valence-electron chi connectivity index (χ1n) is 4.80. The third-order valence-electron chi connectivity index (χ3n) is 2.15. The molecule has 1 rings (SSSR count). The maximum atomic E-state index is 9.57. The van der Waals surface area contributed by atoms with Crippen LogP contribution < -0.4 is 5.73 Å². The highest BCUT2D eigenvalue weighted by Crippen LogP contribution is 2.13. The van der Waals surface area contributed by atoms with Crippen LogP contribution in [0.1, 0.15) is 12.0 Å². The van der Waals surface area contributed by atoms with Gasteiger partial charge < -0.3 is 10.8 Å². The number of halogens is 1. The van der Waals surface area contributed by atoms with Crippen molar-refractivity contribution in [1.82, 2.24) is 0 Å². The Morgan fingerprint density at radius 1 is 1.29 bits per heavy atom. The van der Waals surface area contributed by atoms with Crippen molar-refractivity contribution in [3.8, 4) is 0 Å². The number of rotatable bonds is 5. The molecule has 3 heteroatoms. The first kappa shape index (κ1) is 11.5. The van der Waals surface area contributed by atoms with E-state index in [4.69, 9.17) is 17.3 Å². The fourth-order valence-electron chi connectivity index (χ4n) is 1.33. The van der Waals surface area contributed by atoms with Crippen LogP contribution in [-0.4, -0.2) is 23.1 Å². The summed E-state index contributed by atoms with van der Waals surface area (Å²) >= 11 is 6.04. The molecule has 0 spiro atoms. The molecule has 2 unspecified atom stereocenters. The minimum Gasteiger partial charge on any atom is -0.392 e. The van der Waals surface area contributed by atoms with Gasteiger partial charge in [-0.1, -0.05) is 30.3 Å². The van der Waals surface area contributed by atoms with Crippen LogP contribution in [0.15, 0.2) is 30.3 Å². The smallest absolute Gasteiger partial charge is 0.0719 e. The van der Waals surface area contributed by atoms with Crippen LogP contribution in [0.25, 0.3) is 0 Å². The zero-order chi connectivity index (χ0) is 10.4. The normalized spacial score (nSPS) is 15.1. The second kappa shape index (κ2) is 6.02. The molecule has 0 radical (unpaired) electrons. The molecule has 0 aliphatic carbocycles. The van der Waals surface area contributed by atoms with E-state index in [1.54, 1.807) is 0 Å². The van der Waals surface area contributed by atoms with Gasteiger partial charge in [0.1, 0.15) is 0 Å². The number of nitrogens with two attached hydrogens (primary N) is 1. The van der Waals surface area contributed by atoms with Crippen molar-refractivity contribution < 1.29 is 5.11 Å². The standard InChI is InChI=1S/C11H16ClNO/c12-10(11(14)6-7-13)8-9-4-2-1-3-5-9/h1-5,10-11,14H,6-8,13H2. The highest BCUT2D eigenvalue weighted by Gasteiger charge is 2.15. The number of aliphatic hydroxyl groups excluding tert-OH is 1. The van der Waals surface area contributed by atoms with Crippen LogP contribution in [-0.2, 0) is 6.42 Å². The molecule has 14 heavy (non-hydrogen) atoms. The monoisotopic (exact) mass is 213 g/mol. The molecule has 1 aromatic carbocycles. The maximum absolute atomic E-state index is 9.57. The second-order valence-electron chi connectivity index (χ2n) is 3.35. The molecule has 0 bridgehead atoms. The van der Waals surface area contributed by atoms with Gasteiger partial charge >= 0.3 is 0 Å². The Kier molecular flexibility index (Phi) is 4.94. The fourth-order valence-corrected chi connectivity index (χ4v) is 1.63. The predicted octanol–water partition coefficient (Wildman–Crippen LogP) is 1.55. The van der Waals surface area contributed by atoms with Crippen LogP contribution in [0.5, 0.6) is 0 Å². The summed E-state index contributed by atoms with van der Waals surface area (Å²) in [6.07, 6.45) is 0.728. The van der Waals surface area contributed by atoms with Gasteiger partial charge in [-0.25, -0.2) is 0 Å². The zero-order valence-electron chi connectivity index (χ0n) is 8.07. The average Bonchev–Trinajstić information content (AvgIpc) is 2.19. The summed E-state index contributed by atoms with van der Waals surface area (Å²) in [6.45, 7) is 0.471. The molecule has 2 nitrogen and oxygen atoms in total. The van der Waals surface area contributed by atoms with Crippen molar-refractivity contribution in [2.45, 2.75) is 24.3 Å². The third-order valence-corrected chi connectivity index (χ3v) is 2.60. The van der Waals surface area contributed by atoms with Crippen molar-refractivity contribution in [2.75, 3.05) is 6.54 Å². The van der Waals surface area contributed by atoms with Crippen molar-refractivity contribution >= 4 is 11.6 Å². The maximum Gasteiger partial charge on any atom is 0.0719 e. The van der Waals surface area contributed by atoms with Gasteiger partial charge in [0.05, 0.1) is 11.5 Å². The average molecular weight is 214 g/mol. The Balaban J connectivity index is 2.44. The number of benzene rings is 1. The predicted molar refractivity (Wildman–Crippen MR) is 59.5 cm³/mol. The Morgan fingerprint density at radius 2 is 1.93 bits per heavy atom. The molecule has 1 aromatic rings. The third kappa shape index (κ3) is 3.66. The molecular formula is C11H16ClNO. The minimum absolute atomic E-state index is 0.249. The fraction of sp³-hybridized carbons (Fsp3) is 0.455. The Bertz CT molecular complexity index is 253. The first-order chi connectivity index (χ1) is 6.74. The summed E-state index contributed by atoms with van der Waals surface area (Å²) < 4.78 is 0. The van der Waals surface area contributed by atoms with Crippen LogP contribution in [0.3, 0.4) is 0 Å². The Morgan fingerprint density at radius 3 is 2.50 bits per heavy atom. The highest BCUT2D eigenvalue weighted by atomic mass is 35.5. The lowest BCUT2D eigenvalue weighted by Crippen LogP contribution is -2.25. The largest absolute Gasteiger partial charge is 0.392 e. The van der Waals surface area contributed by atoms with Crippen LogP contribution in [0, 0.1) is 0 Å².